The molecule has 1 amide bonds. The van der Waals surface area contributed by atoms with Gasteiger partial charge in [0.1, 0.15) is 17.1 Å². The van der Waals surface area contributed by atoms with Crippen molar-refractivity contribution in [3.05, 3.63) is 52.2 Å². The number of nitrogens with one attached hydrogen (secondary N) is 1. The lowest BCUT2D eigenvalue weighted by atomic mass is 9.92. The number of β-amino-alcohol motifs (C(OH)–C–C–N with tert-alkyl or cyclic N) is 1. The lowest BCUT2D eigenvalue weighted by Crippen LogP contribution is -2.32. The van der Waals surface area contributed by atoms with Gasteiger partial charge in [-0.3, -0.25) is 9.89 Å². The van der Waals surface area contributed by atoms with Gasteiger partial charge in [-0.1, -0.05) is 6.07 Å². The molecule has 174 valence electrons. The second-order valence-electron chi connectivity index (χ2n) is 7.92. The minimum Gasteiger partial charge on any atom is -0.507 e. The third-order valence-electron chi connectivity index (χ3n) is 5.90. The maximum atomic E-state index is 13.3. The molecule has 9 heteroatoms. The molecule has 0 unspecified atom stereocenters. The SMILES string of the molecule is COc1cc([C@H]2c3c(-c4c(C)cc(C)cc4O)n[nH]c3C(=O)N2CCO)cc(OC)c1OC. The third-order valence-corrected chi connectivity index (χ3v) is 5.90. The minimum atomic E-state index is -0.595. The maximum Gasteiger partial charge on any atom is 0.273 e. The highest BCUT2D eigenvalue weighted by Gasteiger charge is 2.43. The number of hydrogen-bond donors (Lipinski definition) is 3. The highest BCUT2D eigenvalue weighted by atomic mass is 16.5. The molecule has 1 atom stereocenters. The summed E-state index contributed by atoms with van der Waals surface area (Å²) in [6.45, 7) is 3.69. The summed E-state index contributed by atoms with van der Waals surface area (Å²) < 4.78 is 16.5. The molecule has 9 nitrogen and oxygen atoms in total. The number of fused-ring (bicyclic) bond motifs is 1. The number of methoxy groups -OCH3 is 3. The van der Waals surface area contributed by atoms with Crippen LogP contribution in [0.25, 0.3) is 11.3 Å². The lowest BCUT2D eigenvalue weighted by molar-refractivity contribution is 0.0706. The van der Waals surface area contributed by atoms with Gasteiger partial charge < -0.3 is 29.3 Å². The molecular weight excluding hydrogens is 426 g/mol. The van der Waals surface area contributed by atoms with Crippen LogP contribution in [0.4, 0.5) is 0 Å². The van der Waals surface area contributed by atoms with Crippen molar-refractivity contribution in [1.82, 2.24) is 15.1 Å². The quantitative estimate of drug-likeness (QED) is 0.503. The summed E-state index contributed by atoms with van der Waals surface area (Å²) >= 11 is 0. The van der Waals surface area contributed by atoms with E-state index in [1.807, 2.05) is 19.9 Å². The van der Waals surface area contributed by atoms with Crippen molar-refractivity contribution in [1.29, 1.82) is 0 Å². The Kier molecular flexibility index (Phi) is 5.90. The molecule has 1 aliphatic rings. The van der Waals surface area contributed by atoms with Crippen LogP contribution in [0.3, 0.4) is 0 Å². The van der Waals surface area contributed by atoms with Crippen LogP contribution in [0.15, 0.2) is 24.3 Å². The predicted octanol–water partition coefficient (Wildman–Crippen LogP) is 2.96. The van der Waals surface area contributed by atoms with Crippen LogP contribution >= 0.6 is 0 Å². The van der Waals surface area contributed by atoms with E-state index in [1.165, 1.54) is 21.3 Å². The maximum absolute atomic E-state index is 13.3. The molecule has 1 aliphatic heterocycles. The first-order chi connectivity index (χ1) is 15.9. The number of aromatic amines is 1. The van der Waals surface area contributed by atoms with Gasteiger partial charge in [0.15, 0.2) is 11.5 Å². The third kappa shape index (κ3) is 3.54. The van der Waals surface area contributed by atoms with E-state index >= 15 is 0 Å². The summed E-state index contributed by atoms with van der Waals surface area (Å²) in [4.78, 5) is 14.8. The normalized spacial score (nSPS) is 15.0. The van der Waals surface area contributed by atoms with E-state index in [-0.39, 0.29) is 24.8 Å². The predicted molar refractivity (Wildman–Crippen MR) is 121 cm³/mol. The molecule has 0 bridgehead atoms. The van der Waals surface area contributed by atoms with Crippen LogP contribution in [0, 0.1) is 13.8 Å². The topological polar surface area (TPSA) is 117 Å². The Balaban J connectivity index is 1.98. The number of aliphatic hydroxyl groups is 1. The fourth-order valence-electron chi connectivity index (χ4n) is 4.58. The van der Waals surface area contributed by atoms with Crippen LogP contribution < -0.4 is 14.2 Å². The molecule has 33 heavy (non-hydrogen) atoms. The van der Waals surface area contributed by atoms with Crippen molar-refractivity contribution in [3.63, 3.8) is 0 Å². The number of carbonyl (C=O) groups excluding carboxylic acids is 1. The zero-order valence-electron chi connectivity index (χ0n) is 19.2. The average molecular weight is 453 g/mol. The van der Waals surface area contributed by atoms with E-state index < -0.39 is 6.04 Å². The van der Waals surface area contributed by atoms with Crippen molar-refractivity contribution < 1.29 is 29.2 Å². The smallest absolute Gasteiger partial charge is 0.273 e. The number of nitrogens with zero attached hydrogens (tertiary/aromatic N) is 2. The first-order valence-corrected chi connectivity index (χ1v) is 10.5. The fourth-order valence-corrected chi connectivity index (χ4v) is 4.58. The second kappa shape index (κ2) is 8.67. The van der Waals surface area contributed by atoms with Crippen LogP contribution in [-0.4, -0.2) is 65.7 Å². The van der Waals surface area contributed by atoms with Gasteiger partial charge in [-0.05, 0) is 48.7 Å². The molecule has 4 rings (SSSR count). The van der Waals surface area contributed by atoms with Gasteiger partial charge in [-0.2, -0.15) is 5.10 Å². The van der Waals surface area contributed by atoms with Crippen LogP contribution in [0.5, 0.6) is 23.0 Å². The molecule has 3 N–H and O–H groups in total. The number of aromatic nitrogens is 2. The largest absolute Gasteiger partial charge is 0.507 e. The Hall–Kier alpha value is -3.72. The van der Waals surface area contributed by atoms with Gasteiger partial charge in [-0.15, -0.1) is 0 Å². The van der Waals surface area contributed by atoms with E-state index in [0.717, 1.165) is 11.1 Å². The van der Waals surface area contributed by atoms with E-state index in [0.29, 0.717) is 45.3 Å². The van der Waals surface area contributed by atoms with E-state index in [9.17, 15) is 15.0 Å². The Morgan fingerprint density at radius 1 is 1.06 bits per heavy atom. The van der Waals surface area contributed by atoms with E-state index in [1.54, 1.807) is 23.1 Å². The molecule has 2 aromatic carbocycles. The van der Waals surface area contributed by atoms with Gasteiger partial charge >= 0.3 is 0 Å². The van der Waals surface area contributed by atoms with Crippen LogP contribution in [0.2, 0.25) is 0 Å². The van der Waals surface area contributed by atoms with Gasteiger partial charge in [0.25, 0.3) is 5.91 Å². The number of rotatable bonds is 7. The van der Waals surface area contributed by atoms with Crippen molar-refractivity contribution in [3.8, 4) is 34.3 Å². The molecule has 0 fully saturated rings. The number of H-pyrrole nitrogens is 1. The minimum absolute atomic E-state index is 0.0819. The number of aryl methyl sites for hydroxylation is 2. The summed E-state index contributed by atoms with van der Waals surface area (Å²) in [5.41, 5.74) is 4.40. The molecule has 0 saturated carbocycles. The Morgan fingerprint density at radius 3 is 2.27 bits per heavy atom. The molecular formula is C24H27N3O6. The van der Waals surface area contributed by atoms with Crippen molar-refractivity contribution in [2.24, 2.45) is 0 Å². The molecule has 0 aliphatic carbocycles. The molecule has 2 heterocycles. The Bertz CT molecular complexity index is 1170. The monoisotopic (exact) mass is 453 g/mol. The number of phenols is 1. The Morgan fingerprint density at radius 2 is 1.73 bits per heavy atom. The van der Waals surface area contributed by atoms with Gasteiger partial charge in [-0.25, -0.2) is 0 Å². The average Bonchev–Trinajstić information content (AvgIpc) is 3.31. The summed E-state index contributed by atoms with van der Waals surface area (Å²) in [6, 6.07) is 6.57. The molecule has 1 aromatic heterocycles. The summed E-state index contributed by atoms with van der Waals surface area (Å²) in [5, 5.41) is 27.7. The Labute approximate surface area is 191 Å². The van der Waals surface area contributed by atoms with E-state index in [2.05, 4.69) is 10.2 Å². The van der Waals surface area contributed by atoms with Gasteiger partial charge in [0.2, 0.25) is 5.75 Å². The summed E-state index contributed by atoms with van der Waals surface area (Å²) in [5.74, 6) is 1.10. The summed E-state index contributed by atoms with van der Waals surface area (Å²) in [6.07, 6.45) is 0. The fraction of sp³-hybridized carbons (Fsp3) is 0.333. The zero-order chi connectivity index (χ0) is 23.9. The standard InChI is InChI=1S/C24H27N3O6/c1-12-8-13(2)18(15(29)9-12)20-19-21(26-25-20)24(30)27(6-7-28)22(19)14-10-16(31-3)23(33-5)17(11-14)32-4/h8-11,22,28-29H,6-7H2,1-5H3,(H,25,26)/t22-/m0/s1. The number of carbonyl (C=O) groups is 1. The number of ether oxygens (including phenoxy) is 3. The van der Waals surface area contributed by atoms with Crippen molar-refractivity contribution >= 4 is 5.91 Å². The highest BCUT2D eigenvalue weighted by molar-refractivity contribution is 6.00. The molecule has 0 radical (unpaired) electrons. The van der Waals surface area contributed by atoms with Crippen LogP contribution in [-0.2, 0) is 0 Å². The number of aromatic hydroxyl groups is 1. The van der Waals surface area contributed by atoms with E-state index in [4.69, 9.17) is 14.2 Å². The molecule has 3 aromatic rings. The number of aliphatic hydroxyl groups excluding tert-OH is 1. The second-order valence-corrected chi connectivity index (χ2v) is 7.92. The van der Waals surface area contributed by atoms with Crippen LogP contribution in [0.1, 0.15) is 38.8 Å². The highest BCUT2D eigenvalue weighted by Crippen LogP contribution is 2.48. The number of hydrogen-bond acceptors (Lipinski definition) is 7. The van der Waals surface area contributed by atoms with Crippen molar-refractivity contribution in [2.45, 2.75) is 19.9 Å². The number of phenolic OH excluding ortho intramolecular Hbond substituents is 1. The number of benzene rings is 2. The number of amides is 1. The lowest BCUT2D eigenvalue weighted by Gasteiger charge is -2.27. The first-order valence-electron chi connectivity index (χ1n) is 10.5. The summed E-state index contributed by atoms with van der Waals surface area (Å²) in [7, 11) is 4.57. The molecule has 0 saturated heterocycles. The zero-order valence-corrected chi connectivity index (χ0v) is 19.2. The van der Waals surface area contributed by atoms with Gasteiger partial charge in [0.05, 0.1) is 34.0 Å². The van der Waals surface area contributed by atoms with Crippen molar-refractivity contribution in [2.75, 3.05) is 34.5 Å². The first kappa shape index (κ1) is 22.5. The molecule has 0 spiro atoms. The van der Waals surface area contributed by atoms with Gasteiger partial charge in [0, 0.05) is 17.7 Å².